The Kier molecular flexibility index (Phi) is 9.60. The van der Waals surface area contributed by atoms with Crippen molar-refractivity contribution < 1.29 is 0 Å². The molecule has 0 fully saturated rings. The van der Waals surface area contributed by atoms with Gasteiger partial charge in [-0.05, 0) is 35.4 Å². The van der Waals surface area contributed by atoms with Gasteiger partial charge in [0.05, 0.1) is 11.4 Å². The number of aliphatic imine (C=N–C) groups is 1. The Labute approximate surface area is 250 Å². The number of nitrogens with zero attached hydrogens (tertiary/aromatic N) is 5. The average molecular weight is 602 g/mol. The maximum absolute atomic E-state index is 5.83. The fraction of sp³-hybridized carbons (Fsp3) is 0.0333. The van der Waals surface area contributed by atoms with Gasteiger partial charge in [-0.2, -0.15) is 0 Å². The first-order valence-corrected chi connectivity index (χ1v) is 14.5. The second-order valence-electron chi connectivity index (χ2n) is 8.21. The van der Waals surface area contributed by atoms with E-state index in [2.05, 4.69) is 48.4 Å². The largest absolute Gasteiger partial charge is 0.365 e. The second kappa shape index (κ2) is 13.9. The lowest BCUT2D eigenvalue weighted by molar-refractivity contribution is 1.13. The molecule has 4 heterocycles. The summed E-state index contributed by atoms with van der Waals surface area (Å²) in [4.78, 5) is 23.2. The predicted octanol–water partition coefficient (Wildman–Crippen LogP) is 9.08. The molecular formula is C30H22Cl2N6S2. The van der Waals surface area contributed by atoms with Crippen molar-refractivity contribution in [3.63, 3.8) is 0 Å². The first-order chi connectivity index (χ1) is 19.7. The van der Waals surface area contributed by atoms with Crippen molar-refractivity contribution in [1.82, 2.24) is 19.9 Å². The van der Waals surface area contributed by atoms with Crippen LogP contribution in [-0.4, -0.2) is 26.2 Å². The quantitative estimate of drug-likeness (QED) is 0.185. The number of pyridine rings is 2. The minimum Gasteiger partial charge on any atom is -0.365 e. The van der Waals surface area contributed by atoms with Crippen LogP contribution in [0.4, 0.5) is 11.6 Å². The van der Waals surface area contributed by atoms with Crippen LogP contribution in [0.15, 0.2) is 115 Å². The van der Waals surface area contributed by atoms with E-state index in [0.29, 0.717) is 21.3 Å². The zero-order valence-corrected chi connectivity index (χ0v) is 24.1. The fourth-order valence-electron chi connectivity index (χ4n) is 3.72. The second-order valence-corrected chi connectivity index (χ2v) is 11.6. The molecule has 2 aromatic carbocycles. The van der Waals surface area contributed by atoms with Crippen molar-refractivity contribution in [3.05, 3.63) is 128 Å². The van der Waals surface area contributed by atoms with Gasteiger partial charge in [0.15, 0.2) is 14.8 Å². The summed E-state index contributed by atoms with van der Waals surface area (Å²) in [5, 5.41) is 3.34. The third-order valence-corrected chi connectivity index (χ3v) is 7.69. The minimum absolute atomic E-state index is 0.510. The summed E-state index contributed by atoms with van der Waals surface area (Å²) in [6.45, 7) is 0.668. The smallest absolute Gasteiger partial charge is 0.184 e. The number of aromatic nitrogens is 4. The van der Waals surface area contributed by atoms with E-state index in [-0.39, 0.29) is 0 Å². The lowest BCUT2D eigenvalue weighted by Crippen LogP contribution is -2.01. The molecule has 0 saturated carbocycles. The van der Waals surface area contributed by atoms with Crippen molar-refractivity contribution in [1.29, 1.82) is 0 Å². The highest BCUT2D eigenvalue weighted by molar-refractivity contribution is 7.17. The highest BCUT2D eigenvalue weighted by Crippen LogP contribution is 2.29. The third kappa shape index (κ3) is 7.58. The lowest BCUT2D eigenvalue weighted by Gasteiger charge is -2.10. The highest BCUT2D eigenvalue weighted by atomic mass is 35.5. The van der Waals surface area contributed by atoms with Gasteiger partial charge in [0.2, 0.25) is 0 Å². The molecule has 0 bridgehead atoms. The topological polar surface area (TPSA) is 76.0 Å². The van der Waals surface area contributed by atoms with Crippen LogP contribution in [0.2, 0.25) is 8.93 Å². The molecule has 0 aliphatic heterocycles. The molecule has 0 atom stereocenters. The van der Waals surface area contributed by atoms with Crippen LogP contribution >= 0.6 is 45.9 Å². The van der Waals surface area contributed by atoms with E-state index in [9.17, 15) is 0 Å². The zero-order chi connectivity index (χ0) is 27.6. The van der Waals surface area contributed by atoms with E-state index in [4.69, 9.17) is 23.2 Å². The molecular weight excluding hydrogens is 579 g/mol. The number of halogens is 2. The van der Waals surface area contributed by atoms with Gasteiger partial charge in [-0.1, -0.05) is 83.9 Å². The Hall–Kier alpha value is -3.95. The molecule has 198 valence electrons. The number of thiazole rings is 2. The fourth-order valence-corrected chi connectivity index (χ4v) is 5.47. The standard InChI is InChI=1S/C15H12ClN3S.C15H10ClN3S/c2*16-15-19-10-12(20-15)9-18-14-13(7-4-8-17-14)11-5-2-1-3-6-11/h1-8,10H,9H2,(H,17,18);1-10H. The summed E-state index contributed by atoms with van der Waals surface area (Å²) in [6.07, 6.45) is 8.73. The molecule has 40 heavy (non-hydrogen) atoms. The number of hydrogen-bond donors (Lipinski definition) is 1. The van der Waals surface area contributed by atoms with Crippen molar-refractivity contribution in [2.45, 2.75) is 6.54 Å². The first-order valence-electron chi connectivity index (χ1n) is 12.2. The first kappa shape index (κ1) is 27.6. The Morgan fingerprint density at radius 3 is 1.95 bits per heavy atom. The summed E-state index contributed by atoms with van der Waals surface area (Å²) in [5.41, 5.74) is 4.32. The normalized spacial score (nSPS) is 10.8. The van der Waals surface area contributed by atoms with Crippen LogP contribution in [-0.2, 0) is 6.54 Å². The monoisotopic (exact) mass is 600 g/mol. The Morgan fingerprint density at radius 2 is 1.30 bits per heavy atom. The highest BCUT2D eigenvalue weighted by Gasteiger charge is 2.07. The number of nitrogens with one attached hydrogen (secondary N) is 1. The number of anilines is 1. The Morgan fingerprint density at radius 1 is 0.675 bits per heavy atom. The van der Waals surface area contributed by atoms with Crippen molar-refractivity contribution in [2.24, 2.45) is 4.99 Å². The van der Waals surface area contributed by atoms with Crippen LogP contribution in [0.1, 0.15) is 9.75 Å². The SMILES string of the molecule is Clc1ncc(C=Nc2ncccc2-c2ccccc2)s1.Clc1ncc(CNc2ncccc2-c2ccccc2)s1. The summed E-state index contributed by atoms with van der Waals surface area (Å²) < 4.78 is 1.07. The van der Waals surface area contributed by atoms with Crippen molar-refractivity contribution >= 4 is 63.7 Å². The number of rotatable bonds is 7. The number of benzene rings is 2. The minimum atomic E-state index is 0.510. The molecule has 6 aromatic rings. The zero-order valence-electron chi connectivity index (χ0n) is 21.0. The average Bonchev–Trinajstić information content (AvgIpc) is 3.63. The van der Waals surface area contributed by atoms with Crippen molar-refractivity contribution in [3.8, 4) is 22.3 Å². The van der Waals surface area contributed by atoms with Crippen LogP contribution in [0, 0.1) is 0 Å². The van der Waals surface area contributed by atoms with Gasteiger partial charge in [0, 0.05) is 47.0 Å². The van der Waals surface area contributed by atoms with E-state index in [0.717, 1.165) is 37.8 Å². The van der Waals surface area contributed by atoms with Gasteiger partial charge in [-0.3, -0.25) is 0 Å². The van der Waals surface area contributed by atoms with E-state index in [1.54, 1.807) is 31.0 Å². The van der Waals surface area contributed by atoms with Gasteiger partial charge >= 0.3 is 0 Å². The molecule has 0 amide bonds. The van der Waals surface area contributed by atoms with Gasteiger partial charge in [-0.25, -0.2) is 24.9 Å². The third-order valence-electron chi connectivity index (χ3n) is 5.53. The number of hydrogen-bond acceptors (Lipinski definition) is 8. The van der Waals surface area contributed by atoms with E-state index < -0.39 is 0 Å². The van der Waals surface area contributed by atoms with Crippen LogP contribution in [0.5, 0.6) is 0 Å². The van der Waals surface area contributed by atoms with Gasteiger partial charge in [0.1, 0.15) is 5.82 Å². The van der Waals surface area contributed by atoms with Crippen LogP contribution in [0.3, 0.4) is 0 Å². The summed E-state index contributed by atoms with van der Waals surface area (Å²) in [6, 6.07) is 28.2. The molecule has 0 saturated heterocycles. The molecule has 6 rings (SSSR count). The van der Waals surface area contributed by atoms with Crippen LogP contribution < -0.4 is 5.32 Å². The van der Waals surface area contributed by atoms with Gasteiger partial charge in [-0.15, -0.1) is 22.7 Å². The maximum atomic E-state index is 5.83. The maximum Gasteiger partial charge on any atom is 0.184 e. The van der Waals surface area contributed by atoms with Crippen LogP contribution in [0.25, 0.3) is 22.3 Å². The molecule has 0 aliphatic rings. The molecule has 1 N–H and O–H groups in total. The molecule has 0 radical (unpaired) electrons. The summed E-state index contributed by atoms with van der Waals surface area (Å²) >= 11 is 14.5. The van der Waals surface area contributed by atoms with E-state index in [1.807, 2.05) is 66.7 Å². The van der Waals surface area contributed by atoms with E-state index >= 15 is 0 Å². The Balaban J connectivity index is 0.000000161. The van der Waals surface area contributed by atoms with E-state index in [1.165, 1.54) is 22.7 Å². The molecule has 10 heteroatoms. The lowest BCUT2D eigenvalue weighted by atomic mass is 10.1. The molecule has 4 aromatic heterocycles. The summed E-state index contributed by atoms with van der Waals surface area (Å²) in [7, 11) is 0. The molecule has 0 spiro atoms. The van der Waals surface area contributed by atoms with Crippen molar-refractivity contribution in [2.75, 3.05) is 5.32 Å². The Bertz CT molecular complexity index is 1690. The van der Waals surface area contributed by atoms with Gasteiger partial charge < -0.3 is 5.32 Å². The van der Waals surface area contributed by atoms with Gasteiger partial charge in [0.25, 0.3) is 0 Å². The predicted molar refractivity (Wildman–Crippen MR) is 168 cm³/mol. The molecule has 6 nitrogen and oxygen atoms in total. The molecule has 0 aliphatic carbocycles. The molecule has 0 unspecified atom stereocenters. The summed E-state index contributed by atoms with van der Waals surface area (Å²) in [5.74, 6) is 1.55.